The predicted octanol–water partition coefficient (Wildman–Crippen LogP) is 1.67. The monoisotopic (exact) mass is 182 g/mol. The molecule has 0 aromatic carbocycles. The largest absolute Gasteiger partial charge is 0.329 e. The summed E-state index contributed by atoms with van der Waals surface area (Å²) >= 11 is 0. The van der Waals surface area contributed by atoms with Gasteiger partial charge in [-0.3, -0.25) is 0 Å². The lowest BCUT2D eigenvalue weighted by molar-refractivity contribution is 0.322. The molecule has 1 unspecified atom stereocenters. The van der Waals surface area contributed by atoms with E-state index in [0.717, 1.165) is 25.4 Å². The number of hydrogen-bond donors (Lipinski definition) is 2. The van der Waals surface area contributed by atoms with Crippen LogP contribution in [0.2, 0.25) is 0 Å². The fraction of sp³-hybridized carbons (Fsp3) is 0.818. The average Bonchev–Trinajstić information content (AvgIpc) is 2.95. The first kappa shape index (κ1) is 10.7. The summed E-state index contributed by atoms with van der Waals surface area (Å²) in [7, 11) is 0. The Morgan fingerprint density at radius 1 is 1.54 bits per heavy atom. The van der Waals surface area contributed by atoms with Crippen molar-refractivity contribution >= 4 is 0 Å². The van der Waals surface area contributed by atoms with Gasteiger partial charge in [0.25, 0.3) is 0 Å². The molecule has 2 nitrogen and oxygen atoms in total. The zero-order valence-corrected chi connectivity index (χ0v) is 8.84. The van der Waals surface area contributed by atoms with Crippen molar-refractivity contribution in [2.75, 3.05) is 13.1 Å². The maximum absolute atomic E-state index is 5.78. The van der Waals surface area contributed by atoms with Crippen LogP contribution in [0.1, 0.15) is 33.1 Å². The zero-order valence-electron chi connectivity index (χ0n) is 8.84. The Kier molecular flexibility index (Phi) is 3.94. The third kappa shape index (κ3) is 3.12. The Bertz CT molecular complexity index is 173. The molecule has 13 heavy (non-hydrogen) atoms. The van der Waals surface area contributed by atoms with Crippen molar-refractivity contribution < 1.29 is 0 Å². The molecule has 0 heterocycles. The molecule has 3 N–H and O–H groups in total. The van der Waals surface area contributed by atoms with E-state index >= 15 is 0 Å². The van der Waals surface area contributed by atoms with Gasteiger partial charge in [0, 0.05) is 12.1 Å². The number of nitrogens with one attached hydrogen (secondary N) is 1. The molecule has 1 atom stereocenters. The second-order valence-corrected chi connectivity index (χ2v) is 4.18. The molecule has 0 aromatic heterocycles. The van der Waals surface area contributed by atoms with E-state index < -0.39 is 0 Å². The summed E-state index contributed by atoms with van der Waals surface area (Å²) in [4.78, 5) is 0. The summed E-state index contributed by atoms with van der Waals surface area (Å²) in [5.74, 6) is 0.822. The fourth-order valence-electron chi connectivity index (χ4n) is 1.71. The average molecular weight is 182 g/mol. The molecule has 2 heteroatoms. The van der Waals surface area contributed by atoms with E-state index in [9.17, 15) is 0 Å². The van der Waals surface area contributed by atoms with Gasteiger partial charge in [-0.15, -0.1) is 0 Å². The predicted molar refractivity (Wildman–Crippen MR) is 57.6 cm³/mol. The minimum atomic E-state index is 0.196. The number of rotatable bonds is 6. The Balaban J connectivity index is 2.22. The SMILES string of the molecule is C/C=C/CCNC(C)(CN)C1CC1. The molecule has 0 aromatic rings. The van der Waals surface area contributed by atoms with Crippen LogP contribution in [-0.4, -0.2) is 18.6 Å². The summed E-state index contributed by atoms with van der Waals surface area (Å²) in [5, 5.41) is 3.57. The molecule has 0 radical (unpaired) electrons. The van der Waals surface area contributed by atoms with Crippen LogP contribution in [-0.2, 0) is 0 Å². The van der Waals surface area contributed by atoms with E-state index in [0.29, 0.717) is 0 Å². The maximum Gasteiger partial charge on any atom is 0.0304 e. The highest BCUT2D eigenvalue weighted by Crippen LogP contribution is 2.38. The van der Waals surface area contributed by atoms with Crippen molar-refractivity contribution in [1.82, 2.24) is 5.32 Å². The van der Waals surface area contributed by atoms with Crippen molar-refractivity contribution in [1.29, 1.82) is 0 Å². The highest BCUT2D eigenvalue weighted by Gasteiger charge is 2.39. The lowest BCUT2D eigenvalue weighted by atomic mass is 9.96. The molecule has 1 aliphatic carbocycles. The molecule has 1 aliphatic rings. The smallest absolute Gasteiger partial charge is 0.0304 e. The Morgan fingerprint density at radius 2 is 2.23 bits per heavy atom. The van der Waals surface area contributed by atoms with E-state index in [1.165, 1.54) is 12.8 Å². The van der Waals surface area contributed by atoms with Crippen LogP contribution in [0, 0.1) is 5.92 Å². The molecule has 0 spiro atoms. The molecule has 1 rings (SSSR count). The quantitative estimate of drug-likeness (QED) is 0.484. The van der Waals surface area contributed by atoms with Crippen LogP contribution in [0.25, 0.3) is 0 Å². The first-order chi connectivity index (χ1) is 6.23. The molecule has 1 saturated carbocycles. The normalized spacial score (nSPS) is 22.1. The topological polar surface area (TPSA) is 38.0 Å². The van der Waals surface area contributed by atoms with Gasteiger partial charge in [0.15, 0.2) is 0 Å². The summed E-state index contributed by atoms with van der Waals surface area (Å²) < 4.78 is 0. The molecule has 0 saturated heterocycles. The molecule has 0 aliphatic heterocycles. The second-order valence-electron chi connectivity index (χ2n) is 4.18. The lowest BCUT2D eigenvalue weighted by Gasteiger charge is -2.29. The second kappa shape index (κ2) is 4.77. The molecule has 76 valence electrons. The van der Waals surface area contributed by atoms with Crippen molar-refractivity contribution in [2.24, 2.45) is 11.7 Å². The van der Waals surface area contributed by atoms with Gasteiger partial charge in [-0.2, -0.15) is 0 Å². The van der Waals surface area contributed by atoms with Gasteiger partial charge < -0.3 is 11.1 Å². The van der Waals surface area contributed by atoms with E-state index in [-0.39, 0.29) is 5.54 Å². The fourth-order valence-corrected chi connectivity index (χ4v) is 1.71. The first-order valence-corrected chi connectivity index (χ1v) is 5.29. The van der Waals surface area contributed by atoms with Crippen molar-refractivity contribution in [3.8, 4) is 0 Å². The summed E-state index contributed by atoms with van der Waals surface area (Å²) in [6, 6.07) is 0. The molecular formula is C11H22N2. The van der Waals surface area contributed by atoms with E-state index in [4.69, 9.17) is 5.73 Å². The Hall–Kier alpha value is -0.340. The van der Waals surface area contributed by atoms with Gasteiger partial charge in [0.2, 0.25) is 0 Å². The highest BCUT2D eigenvalue weighted by molar-refractivity contribution is 4.98. The highest BCUT2D eigenvalue weighted by atomic mass is 15.0. The standard InChI is InChI=1S/C11H22N2/c1-3-4-5-8-13-11(2,9-12)10-6-7-10/h3-4,10,13H,5-9,12H2,1-2H3/b4-3+. The van der Waals surface area contributed by atoms with Crippen LogP contribution in [0.4, 0.5) is 0 Å². The van der Waals surface area contributed by atoms with Crippen molar-refractivity contribution in [2.45, 2.75) is 38.6 Å². The maximum atomic E-state index is 5.78. The Morgan fingerprint density at radius 3 is 2.69 bits per heavy atom. The van der Waals surface area contributed by atoms with Gasteiger partial charge in [-0.1, -0.05) is 12.2 Å². The minimum absolute atomic E-state index is 0.196. The van der Waals surface area contributed by atoms with Gasteiger partial charge in [-0.25, -0.2) is 0 Å². The van der Waals surface area contributed by atoms with Crippen molar-refractivity contribution in [3.63, 3.8) is 0 Å². The minimum Gasteiger partial charge on any atom is -0.329 e. The summed E-state index contributed by atoms with van der Waals surface area (Å²) in [6.07, 6.45) is 8.10. The third-order valence-corrected chi connectivity index (χ3v) is 2.98. The zero-order chi connectivity index (χ0) is 9.73. The van der Waals surface area contributed by atoms with E-state index in [1.54, 1.807) is 0 Å². The first-order valence-electron chi connectivity index (χ1n) is 5.29. The molecular weight excluding hydrogens is 160 g/mol. The van der Waals surface area contributed by atoms with Crippen LogP contribution >= 0.6 is 0 Å². The van der Waals surface area contributed by atoms with Crippen LogP contribution in [0.3, 0.4) is 0 Å². The number of nitrogens with two attached hydrogens (primary N) is 1. The van der Waals surface area contributed by atoms with Crippen LogP contribution in [0.15, 0.2) is 12.2 Å². The van der Waals surface area contributed by atoms with Crippen molar-refractivity contribution in [3.05, 3.63) is 12.2 Å². The van der Waals surface area contributed by atoms with E-state index in [2.05, 4.69) is 31.3 Å². The Labute approximate surface area is 81.6 Å². The van der Waals surface area contributed by atoms with Crippen LogP contribution < -0.4 is 11.1 Å². The summed E-state index contributed by atoms with van der Waals surface area (Å²) in [6.45, 7) is 6.12. The molecule has 1 fully saturated rings. The lowest BCUT2D eigenvalue weighted by Crippen LogP contribution is -2.50. The van der Waals surface area contributed by atoms with Crippen LogP contribution in [0.5, 0.6) is 0 Å². The van der Waals surface area contributed by atoms with Gasteiger partial charge >= 0.3 is 0 Å². The third-order valence-electron chi connectivity index (χ3n) is 2.98. The van der Waals surface area contributed by atoms with Gasteiger partial charge in [0.1, 0.15) is 0 Å². The van der Waals surface area contributed by atoms with Gasteiger partial charge in [-0.05, 0) is 45.6 Å². The molecule has 0 amide bonds. The number of allylic oxidation sites excluding steroid dienone is 1. The molecule has 0 bridgehead atoms. The van der Waals surface area contributed by atoms with E-state index in [1.807, 2.05) is 0 Å². The number of hydrogen-bond acceptors (Lipinski definition) is 2. The summed E-state index contributed by atoms with van der Waals surface area (Å²) in [5.41, 5.74) is 5.98. The van der Waals surface area contributed by atoms with Gasteiger partial charge in [0.05, 0.1) is 0 Å².